The van der Waals surface area contributed by atoms with E-state index in [2.05, 4.69) is 15.5 Å². The van der Waals surface area contributed by atoms with Crippen LogP contribution in [0.5, 0.6) is 0 Å². The van der Waals surface area contributed by atoms with Gasteiger partial charge in [-0.3, -0.25) is 10.1 Å². The number of rotatable bonds is 5. The number of aromatic nitrogens is 2. The summed E-state index contributed by atoms with van der Waals surface area (Å²) in [6.07, 6.45) is 1.39. The van der Waals surface area contributed by atoms with Crippen LogP contribution in [0.4, 0.5) is 6.01 Å². The van der Waals surface area contributed by atoms with E-state index in [0.29, 0.717) is 12.3 Å². The molecule has 0 aromatic carbocycles. The van der Waals surface area contributed by atoms with Gasteiger partial charge >= 0.3 is 6.01 Å². The summed E-state index contributed by atoms with van der Waals surface area (Å²) in [6, 6.07) is 0.105. The first-order valence-electron chi connectivity index (χ1n) is 4.89. The van der Waals surface area contributed by atoms with Gasteiger partial charge in [0.2, 0.25) is 11.8 Å². The second kappa shape index (κ2) is 5.45. The number of nitrogens with one attached hydrogen (secondary N) is 1. The molecule has 6 heteroatoms. The normalized spacial score (nSPS) is 12.5. The molecule has 1 unspecified atom stereocenters. The summed E-state index contributed by atoms with van der Waals surface area (Å²) in [7, 11) is 0. The van der Waals surface area contributed by atoms with Gasteiger partial charge in [-0.15, -0.1) is 5.10 Å². The van der Waals surface area contributed by atoms with E-state index in [1.165, 1.54) is 6.92 Å². The minimum atomic E-state index is -0.250. The lowest BCUT2D eigenvalue weighted by molar-refractivity contribution is -0.114. The van der Waals surface area contributed by atoms with Crippen molar-refractivity contribution < 1.29 is 14.3 Å². The number of carbonyl (C=O) groups excluding carboxylic acids is 1. The predicted octanol–water partition coefficient (Wildman–Crippen LogP) is 0.904. The molecule has 2 N–H and O–H groups in total. The topological polar surface area (TPSA) is 88.3 Å². The molecule has 84 valence electrons. The van der Waals surface area contributed by atoms with Crippen molar-refractivity contribution >= 4 is 11.9 Å². The summed E-state index contributed by atoms with van der Waals surface area (Å²) < 4.78 is 5.23. The largest absolute Gasteiger partial charge is 0.408 e. The second-order valence-corrected chi connectivity index (χ2v) is 3.24. The Bertz CT molecular complexity index is 324. The van der Waals surface area contributed by atoms with Gasteiger partial charge in [0, 0.05) is 19.4 Å². The third-order valence-corrected chi connectivity index (χ3v) is 2.04. The Hall–Kier alpha value is -1.43. The van der Waals surface area contributed by atoms with Gasteiger partial charge in [0.1, 0.15) is 0 Å². The SMILES string of the molecule is CCC(CCO)c1nnc(NC(C)=O)o1. The molecule has 1 aromatic rings. The lowest BCUT2D eigenvalue weighted by atomic mass is 10.0. The van der Waals surface area contributed by atoms with Gasteiger partial charge in [-0.25, -0.2) is 0 Å². The monoisotopic (exact) mass is 213 g/mol. The number of hydrogen-bond acceptors (Lipinski definition) is 5. The number of aliphatic hydroxyl groups is 1. The molecule has 1 aromatic heterocycles. The van der Waals surface area contributed by atoms with Gasteiger partial charge in [0.25, 0.3) is 0 Å². The van der Waals surface area contributed by atoms with Crippen molar-refractivity contribution in [3.05, 3.63) is 5.89 Å². The number of carbonyl (C=O) groups is 1. The van der Waals surface area contributed by atoms with Crippen LogP contribution in [0.3, 0.4) is 0 Å². The molecule has 0 bridgehead atoms. The molecule has 1 atom stereocenters. The molecule has 1 heterocycles. The summed E-state index contributed by atoms with van der Waals surface area (Å²) in [4.78, 5) is 10.7. The average molecular weight is 213 g/mol. The molecule has 0 spiro atoms. The summed E-state index contributed by atoms with van der Waals surface area (Å²) in [5, 5.41) is 18.7. The van der Waals surface area contributed by atoms with Crippen LogP contribution < -0.4 is 5.32 Å². The molecule has 0 saturated heterocycles. The molecular formula is C9H15N3O3. The Morgan fingerprint density at radius 3 is 2.87 bits per heavy atom. The average Bonchev–Trinajstić information content (AvgIpc) is 2.61. The van der Waals surface area contributed by atoms with Crippen LogP contribution >= 0.6 is 0 Å². The van der Waals surface area contributed by atoms with Crippen LogP contribution in [-0.2, 0) is 4.79 Å². The van der Waals surface area contributed by atoms with Gasteiger partial charge in [-0.05, 0) is 12.8 Å². The number of aliphatic hydroxyl groups excluding tert-OH is 1. The number of anilines is 1. The Morgan fingerprint density at radius 1 is 1.60 bits per heavy atom. The Labute approximate surface area is 87.7 Å². The molecule has 0 aliphatic rings. The summed E-state index contributed by atoms with van der Waals surface area (Å²) >= 11 is 0. The maximum absolute atomic E-state index is 10.7. The first-order chi connectivity index (χ1) is 7.17. The fourth-order valence-corrected chi connectivity index (χ4v) is 1.26. The van der Waals surface area contributed by atoms with E-state index in [-0.39, 0.29) is 24.4 Å². The van der Waals surface area contributed by atoms with Gasteiger partial charge < -0.3 is 9.52 Å². The molecule has 1 amide bonds. The van der Waals surface area contributed by atoms with E-state index in [1.807, 2.05) is 6.92 Å². The lowest BCUT2D eigenvalue weighted by Crippen LogP contribution is -2.05. The van der Waals surface area contributed by atoms with E-state index >= 15 is 0 Å². The highest BCUT2D eigenvalue weighted by atomic mass is 16.4. The first-order valence-corrected chi connectivity index (χ1v) is 4.89. The quantitative estimate of drug-likeness (QED) is 0.758. The zero-order valence-corrected chi connectivity index (χ0v) is 8.86. The van der Waals surface area contributed by atoms with Crippen molar-refractivity contribution in [2.75, 3.05) is 11.9 Å². The molecule has 0 aliphatic heterocycles. The van der Waals surface area contributed by atoms with Crippen molar-refractivity contribution in [2.24, 2.45) is 0 Å². The summed E-state index contributed by atoms with van der Waals surface area (Å²) in [6.45, 7) is 3.42. The fraction of sp³-hybridized carbons (Fsp3) is 0.667. The van der Waals surface area contributed by atoms with Crippen molar-refractivity contribution in [2.45, 2.75) is 32.6 Å². The van der Waals surface area contributed by atoms with E-state index in [9.17, 15) is 4.79 Å². The minimum absolute atomic E-state index is 0.0463. The van der Waals surface area contributed by atoms with Gasteiger partial charge in [-0.1, -0.05) is 12.0 Å². The fourth-order valence-electron chi connectivity index (χ4n) is 1.26. The van der Waals surface area contributed by atoms with Crippen LogP contribution in [-0.4, -0.2) is 27.8 Å². The van der Waals surface area contributed by atoms with Crippen molar-refractivity contribution in [1.29, 1.82) is 0 Å². The minimum Gasteiger partial charge on any atom is -0.408 e. The van der Waals surface area contributed by atoms with Gasteiger partial charge in [0.15, 0.2) is 0 Å². The summed E-state index contributed by atoms with van der Waals surface area (Å²) in [5.41, 5.74) is 0. The Morgan fingerprint density at radius 2 is 2.33 bits per heavy atom. The highest BCUT2D eigenvalue weighted by molar-refractivity contribution is 5.86. The third kappa shape index (κ3) is 3.32. The number of hydrogen-bond donors (Lipinski definition) is 2. The molecule has 6 nitrogen and oxygen atoms in total. The maximum Gasteiger partial charge on any atom is 0.322 e. The van der Waals surface area contributed by atoms with Gasteiger partial charge in [0.05, 0.1) is 0 Å². The lowest BCUT2D eigenvalue weighted by Gasteiger charge is -2.06. The predicted molar refractivity (Wildman–Crippen MR) is 53.3 cm³/mol. The number of nitrogens with zero attached hydrogens (tertiary/aromatic N) is 2. The molecule has 1 rings (SSSR count). The molecule has 0 fully saturated rings. The molecule has 0 aliphatic carbocycles. The Balaban J connectivity index is 2.68. The zero-order chi connectivity index (χ0) is 11.3. The first kappa shape index (κ1) is 11.6. The smallest absolute Gasteiger partial charge is 0.322 e. The van der Waals surface area contributed by atoms with Crippen LogP contribution in [0.1, 0.15) is 38.5 Å². The molecular weight excluding hydrogens is 198 g/mol. The van der Waals surface area contributed by atoms with E-state index in [0.717, 1.165) is 6.42 Å². The van der Waals surface area contributed by atoms with Crippen LogP contribution in [0.2, 0.25) is 0 Å². The van der Waals surface area contributed by atoms with Crippen molar-refractivity contribution in [3.8, 4) is 0 Å². The third-order valence-electron chi connectivity index (χ3n) is 2.04. The molecule has 0 saturated carbocycles. The van der Waals surface area contributed by atoms with Crippen LogP contribution in [0, 0.1) is 0 Å². The van der Waals surface area contributed by atoms with Crippen molar-refractivity contribution in [1.82, 2.24) is 10.2 Å². The zero-order valence-electron chi connectivity index (χ0n) is 8.86. The standard InChI is InChI=1S/C9H15N3O3/c1-3-7(4-5-13)8-11-12-9(15-8)10-6(2)14/h7,13H,3-5H2,1-2H3,(H,10,12,14). The molecule has 0 radical (unpaired) electrons. The van der Waals surface area contributed by atoms with Crippen molar-refractivity contribution in [3.63, 3.8) is 0 Å². The van der Waals surface area contributed by atoms with E-state index < -0.39 is 0 Å². The van der Waals surface area contributed by atoms with Gasteiger partial charge in [-0.2, -0.15) is 0 Å². The van der Waals surface area contributed by atoms with Crippen LogP contribution in [0.25, 0.3) is 0 Å². The maximum atomic E-state index is 10.7. The van der Waals surface area contributed by atoms with E-state index in [4.69, 9.17) is 9.52 Å². The van der Waals surface area contributed by atoms with E-state index in [1.54, 1.807) is 0 Å². The van der Waals surface area contributed by atoms with Crippen LogP contribution in [0.15, 0.2) is 4.42 Å². The number of amides is 1. The highest BCUT2D eigenvalue weighted by Crippen LogP contribution is 2.22. The highest BCUT2D eigenvalue weighted by Gasteiger charge is 2.16. The second-order valence-electron chi connectivity index (χ2n) is 3.24. The Kier molecular flexibility index (Phi) is 4.23. The summed E-state index contributed by atoms with van der Waals surface area (Å²) in [5.74, 6) is 0.251. The molecule has 15 heavy (non-hydrogen) atoms.